The van der Waals surface area contributed by atoms with E-state index in [1.807, 2.05) is 6.07 Å². The number of pyridine rings is 1. The van der Waals surface area contributed by atoms with E-state index in [2.05, 4.69) is 9.88 Å². The summed E-state index contributed by atoms with van der Waals surface area (Å²) in [6, 6.07) is 9.99. The summed E-state index contributed by atoms with van der Waals surface area (Å²) in [6.45, 7) is 1.48. The molecule has 4 nitrogen and oxygen atoms in total. The van der Waals surface area contributed by atoms with Gasteiger partial charge in [-0.3, -0.25) is 0 Å². The topological polar surface area (TPSA) is 60.2 Å². The molecule has 0 bridgehead atoms. The van der Waals surface area contributed by atoms with Gasteiger partial charge in [0, 0.05) is 18.7 Å². The smallest absolute Gasteiger partial charge is 0.141 e. The summed E-state index contributed by atoms with van der Waals surface area (Å²) in [5.74, 6) is -0.291. The van der Waals surface area contributed by atoms with Crippen molar-refractivity contribution in [2.24, 2.45) is 0 Å². The maximum absolute atomic E-state index is 13.1. The van der Waals surface area contributed by atoms with E-state index in [9.17, 15) is 9.50 Å². The van der Waals surface area contributed by atoms with Gasteiger partial charge in [-0.1, -0.05) is 12.1 Å². The van der Waals surface area contributed by atoms with Gasteiger partial charge in [-0.05, 0) is 36.6 Å². The number of anilines is 1. The van der Waals surface area contributed by atoms with Crippen molar-refractivity contribution in [1.29, 1.82) is 5.26 Å². The van der Waals surface area contributed by atoms with Gasteiger partial charge in [-0.2, -0.15) is 5.26 Å². The number of hydrogen-bond donors (Lipinski definition) is 1. The van der Waals surface area contributed by atoms with Crippen LogP contribution in [0.4, 0.5) is 10.1 Å². The third-order valence-corrected chi connectivity index (χ3v) is 3.96. The van der Waals surface area contributed by atoms with E-state index < -0.39 is 0 Å². The van der Waals surface area contributed by atoms with Crippen LogP contribution in [0.25, 0.3) is 11.1 Å². The van der Waals surface area contributed by atoms with Crippen LogP contribution in [0.15, 0.2) is 36.5 Å². The van der Waals surface area contributed by atoms with Crippen molar-refractivity contribution in [2.45, 2.75) is 18.9 Å². The largest absolute Gasteiger partial charge is 0.393 e. The standard InChI is InChI=1S/C17H16FN3O/c18-13-3-1-12(2-4-13)16-9-14(10-19)20-11-17(16)21-7-5-15(22)6-8-21/h1-4,9,11,15,22H,5-8H2. The Morgan fingerprint density at radius 3 is 2.55 bits per heavy atom. The molecule has 0 unspecified atom stereocenters. The van der Waals surface area contributed by atoms with Crippen LogP contribution in [0.5, 0.6) is 0 Å². The lowest BCUT2D eigenvalue weighted by Gasteiger charge is -2.32. The minimum Gasteiger partial charge on any atom is -0.393 e. The van der Waals surface area contributed by atoms with Gasteiger partial charge in [0.1, 0.15) is 17.6 Å². The third-order valence-electron chi connectivity index (χ3n) is 3.96. The first-order chi connectivity index (χ1) is 10.7. The molecule has 2 heterocycles. The van der Waals surface area contributed by atoms with Crippen molar-refractivity contribution >= 4 is 5.69 Å². The van der Waals surface area contributed by atoms with Crippen molar-refractivity contribution in [3.63, 3.8) is 0 Å². The van der Waals surface area contributed by atoms with Gasteiger partial charge in [0.05, 0.1) is 18.0 Å². The molecule has 0 radical (unpaired) electrons. The summed E-state index contributed by atoms with van der Waals surface area (Å²) in [7, 11) is 0. The summed E-state index contributed by atoms with van der Waals surface area (Å²) >= 11 is 0. The molecular weight excluding hydrogens is 281 g/mol. The zero-order valence-corrected chi connectivity index (χ0v) is 12.0. The zero-order chi connectivity index (χ0) is 15.5. The fourth-order valence-corrected chi connectivity index (χ4v) is 2.73. The molecule has 0 aliphatic carbocycles. The van der Waals surface area contributed by atoms with E-state index in [1.54, 1.807) is 24.4 Å². The Bertz CT molecular complexity index is 701. The summed E-state index contributed by atoms with van der Waals surface area (Å²) < 4.78 is 13.1. The van der Waals surface area contributed by atoms with Crippen LogP contribution < -0.4 is 4.90 Å². The Morgan fingerprint density at radius 1 is 1.23 bits per heavy atom. The van der Waals surface area contributed by atoms with Crippen LogP contribution in [0.3, 0.4) is 0 Å². The Kier molecular flexibility index (Phi) is 4.03. The van der Waals surface area contributed by atoms with Gasteiger partial charge in [-0.25, -0.2) is 9.37 Å². The highest BCUT2D eigenvalue weighted by Gasteiger charge is 2.20. The Labute approximate surface area is 128 Å². The van der Waals surface area contributed by atoms with Crippen LogP contribution in [0.2, 0.25) is 0 Å². The summed E-state index contributed by atoms with van der Waals surface area (Å²) in [6.07, 6.45) is 2.86. The lowest BCUT2D eigenvalue weighted by atomic mass is 10.0. The van der Waals surface area contributed by atoms with Crippen molar-refractivity contribution in [3.05, 3.63) is 48.0 Å². The molecule has 0 atom stereocenters. The number of aromatic nitrogens is 1. The van der Waals surface area contributed by atoms with Crippen molar-refractivity contribution in [2.75, 3.05) is 18.0 Å². The van der Waals surface area contributed by atoms with Gasteiger partial charge in [0.2, 0.25) is 0 Å². The van der Waals surface area contributed by atoms with Gasteiger partial charge < -0.3 is 10.0 Å². The lowest BCUT2D eigenvalue weighted by Crippen LogP contribution is -2.36. The minimum atomic E-state index is -0.291. The maximum atomic E-state index is 13.1. The van der Waals surface area contributed by atoms with Crippen molar-refractivity contribution in [1.82, 2.24) is 4.98 Å². The van der Waals surface area contributed by atoms with E-state index in [-0.39, 0.29) is 11.9 Å². The number of aliphatic hydroxyl groups is 1. The van der Waals surface area contributed by atoms with E-state index >= 15 is 0 Å². The highest BCUT2D eigenvalue weighted by molar-refractivity contribution is 5.79. The first kappa shape index (κ1) is 14.5. The van der Waals surface area contributed by atoms with Crippen LogP contribution >= 0.6 is 0 Å². The number of nitrogens with zero attached hydrogens (tertiary/aromatic N) is 3. The molecule has 1 fully saturated rings. The summed E-state index contributed by atoms with van der Waals surface area (Å²) in [5, 5.41) is 18.7. The van der Waals surface area contributed by atoms with E-state index in [0.29, 0.717) is 18.5 Å². The first-order valence-electron chi connectivity index (χ1n) is 7.26. The predicted molar refractivity (Wildman–Crippen MR) is 81.8 cm³/mol. The second kappa shape index (κ2) is 6.12. The zero-order valence-electron chi connectivity index (χ0n) is 12.0. The monoisotopic (exact) mass is 297 g/mol. The lowest BCUT2D eigenvalue weighted by molar-refractivity contribution is 0.145. The molecule has 0 spiro atoms. The number of halogens is 1. The van der Waals surface area contributed by atoms with E-state index in [4.69, 9.17) is 5.26 Å². The number of hydrogen-bond acceptors (Lipinski definition) is 4. The van der Waals surface area contributed by atoms with Crippen LogP contribution in [0.1, 0.15) is 18.5 Å². The highest BCUT2D eigenvalue weighted by atomic mass is 19.1. The maximum Gasteiger partial charge on any atom is 0.141 e. The summed E-state index contributed by atoms with van der Waals surface area (Å²) in [5.41, 5.74) is 2.96. The normalized spacial score (nSPS) is 15.6. The van der Waals surface area contributed by atoms with Crippen molar-refractivity contribution in [3.8, 4) is 17.2 Å². The molecule has 1 N–H and O–H groups in total. The third kappa shape index (κ3) is 2.92. The fraction of sp³-hybridized carbons (Fsp3) is 0.294. The molecule has 1 aliphatic rings. The van der Waals surface area contributed by atoms with Crippen LogP contribution in [-0.4, -0.2) is 29.3 Å². The average Bonchev–Trinajstić information content (AvgIpc) is 2.56. The van der Waals surface area contributed by atoms with E-state index in [0.717, 1.165) is 29.9 Å². The van der Waals surface area contributed by atoms with Gasteiger partial charge in [0.15, 0.2) is 0 Å². The molecule has 2 aromatic rings. The molecule has 1 aromatic carbocycles. The van der Waals surface area contributed by atoms with Crippen LogP contribution in [-0.2, 0) is 0 Å². The first-order valence-corrected chi connectivity index (χ1v) is 7.26. The molecule has 0 amide bonds. The van der Waals surface area contributed by atoms with Gasteiger partial charge >= 0.3 is 0 Å². The predicted octanol–water partition coefficient (Wildman–Crippen LogP) is 2.72. The van der Waals surface area contributed by atoms with E-state index in [1.165, 1.54) is 12.1 Å². The molecule has 112 valence electrons. The second-order valence-electron chi connectivity index (χ2n) is 5.42. The van der Waals surface area contributed by atoms with Gasteiger partial charge in [0.25, 0.3) is 0 Å². The Hall–Kier alpha value is -2.45. The fourth-order valence-electron chi connectivity index (χ4n) is 2.73. The second-order valence-corrected chi connectivity index (χ2v) is 5.42. The number of benzene rings is 1. The molecule has 0 saturated carbocycles. The Balaban J connectivity index is 2.02. The SMILES string of the molecule is N#Cc1cc(-c2ccc(F)cc2)c(N2CCC(O)CC2)cn1. The number of rotatable bonds is 2. The highest BCUT2D eigenvalue weighted by Crippen LogP contribution is 2.32. The molecule has 5 heteroatoms. The molecule has 1 aliphatic heterocycles. The molecule has 1 saturated heterocycles. The van der Waals surface area contributed by atoms with Crippen LogP contribution in [0, 0.1) is 17.1 Å². The number of aliphatic hydroxyl groups excluding tert-OH is 1. The number of piperidine rings is 1. The average molecular weight is 297 g/mol. The van der Waals surface area contributed by atoms with Crippen molar-refractivity contribution < 1.29 is 9.50 Å². The molecule has 1 aromatic heterocycles. The summed E-state index contributed by atoms with van der Waals surface area (Å²) in [4.78, 5) is 6.31. The molecule has 22 heavy (non-hydrogen) atoms. The minimum absolute atomic E-state index is 0.253. The van der Waals surface area contributed by atoms with Gasteiger partial charge in [-0.15, -0.1) is 0 Å². The molecular formula is C17H16FN3O. The Morgan fingerprint density at radius 2 is 1.91 bits per heavy atom. The molecule has 3 rings (SSSR count). The quantitative estimate of drug-likeness (QED) is 0.926. The number of nitriles is 1.